The van der Waals surface area contributed by atoms with Crippen molar-refractivity contribution in [1.29, 1.82) is 0 Å². The standard InChI is InChI=1S/C17H18N2O3S2/c1-2-8-19-15(20)13-10-5-3-4-6-11(10)23-14(13)18-17(19)24-12-7-9-22-16(12)21/h2,12H,1,3-9H2/t12-/m1/s1. The molecule has 1 saturated heterocycles. The normalized spacial score (nSPS) is 20.2. The van der Waals surface area contributed by atoms with E-state index in [1.54, 1.807) is 22.0 Å². The molecule has 2 aromatic heterocycles. The van der Waals surface area contributed by atoms with Crippen molar-refractivity contribution in [2.75, 3.05) is 6.61 Å². The fourth-order valence-corrected chi connectivity index (χ4v) is 5.68. The van der Waals surface area contributed by atoms with Crippen LogP contribution in [0.3, 0.4) is 0 Å². The van der Waals surface area contributed by atoms with E-state index >= 15 is 0 Å². The maximum atomic E-state index is 13.1. The first-order valence-corrected chi connectivity index (χ1v) is 9.88. The van der Waals surface area contributed by atoms with E-state index < -0.39 is 0 Å². The van der Waals surface area contributed by atoms with Crippen molar-refractivity contribution in [3.05, 3.63) is 33.4 Å². The van der Waals surface area contributed by atoms with E-state index in [4.69, 9.17) is 9.72 Å². The number of nitrogens with zero attached hydrogens (tertiary/aromatic N) is 2. The molecule has 1 atom stereocenters. The molecule has 1 fully saturated rings. The number of thioether (sulfide) groups is 1. The first-order chi connectivity index (χ1) is 11.7. The fraction of sp³-hybridized carbons (Fsp3) is 0.471. The van der Waals surface area contributed by atoms with Crippen molar-refractivity contribution in [2.24, 2.45) is 0 Å². The Bertz CT molecular complexity index is 884. The van der Waals surface area contributed by atoms with Gasteiger partial charge >= 0.3 is 5.97 Å². The van der Waals surface area contributed by atoms with Crippen LogP contribution in [0.1, 0.15) is 29.7 Å². The van der Waals surface area contributed by atoms with E-state index in [1.807, 2.05) is 0 Å². The lowest BCUT2D eigenvalue weighted by molar-refractivity contribution is -0.137. The van der Waals surface area contributed by atoms with Gasteiger partial charge in [-0.3, -0.25) is 14.2 Å². The van der Waals surface area contributed by atoms with Gasteiger partial charge in [-0.1, -0.05) is 17.8 Å². The Balaban J connectivity index is 1.86. The average molecular weight is 362 g/mol. The van der Waals surface area contributed by atoms with Gasteiger partial charge < -0.3 is 4.74 Å². The minimum Gasteiger partial charge on any atom is -0.465 e. The largest absolute Gasteiger partial charge is 0.465 e. The summed E-state index contributed by atoms with van der Waals surface area (Å²) in [7, 11) is 0. The van der Waals surface area contributed by atoms with Gasteiger partial charge in [-0.25, -0.2) is 4.98 Å². The zero-order valence-corrected chi connectivity index (χ0v) is 14.9. The molecule has 5 nitrogen and oxygen atoms in total. The van der Waals surface area contributed by atoms with Crippen molar-refractivity contribution in [3.8, 4) is 0 Å². The Labute approximate surface area is 147 Å². The van der Waals surface area contributed by atoms with Crippen LogP contribution in [0.2, 0.25) is 0 Å². The van der Waals surface area contributed by atoms with Gasteiger partial charge in [-0.05, 0) is 31.2 Å². The smallest absolute Gasteiger partial charge is 0.319 e. The van der Waals surface area contributed by atoms with Crippen LogP contribution in [0.5, 0.6) is 0 Å². The lowest BCUT2D eigenvalue weighted by atomic mass is 9.97. The number of ether oxygens (including phenoxy) is 1. The average Bonchev–Trinajstić information content (AvgIpc) is 3.14. The number of aryl methyl sites for hydroxylation is 2. The second-order valence-electron chi connectivity index (χ2n) is 6.05. The Morgan fingerprint density at radius 3 is 2.96 bits per heavy atom. The topological polar surface area (TPSA) is 61.2 Å². The molecule has 3 heterocycles. The van der Waals surface area contributed by atoms with Crippen molar-refractivity contribution in [2.45, 2.75) is 49.1 Å². The van der Waals surface area contributed by atoms with E-state index in [0.717, 1.165) is 29.5 Å². The molecule has 1 aliphatic heterocycles. The van der Waals surface area contributed by atoms with Gasteiger partial charge in [0.2, 0.25) is 0 Å². The number of hydrogen-bond acceptors (Lipinski definition) is 6. The minimum absolute atomic E-state index is 0.00633. The van der Waals surface area contributed by atoms with E-state index in [-0.39, 0.29) is 16.8 Å². The SMILES string of the molecule is C=CCn1c(S[C@@H]2CCOC2=O)nc2sc3c(c2c1=O)CCCC3. The molecule has 0 saturated carbocycles. The third-order valence-corrected chi connectivity index (χ3v) is 6.91. The zero-order valence-electron chi connectivity index (χ0n) is 13.2. The Kier molecular flexibility index (Phi) is 4.22. The summed E-state index contributed by atoms with van der Waals surface area (Å²) in [6.07, 6.45) is 6.66. The van der Waals surface area contributed by atoms with E-state index in [1.165, 1.54) is 28.6 Å². The second-order valence-corrected chi connectivity index (χ2v) is 8.31. The molecule has 1 aliphatic carbocycles. The van der Waals surface area contributed by atoms with Crippen molar-refractivity contribution < 1.29 is 9.53 Å². The molecule has 126 valence electrons. The van der Waals surface area contributed by atoms with Crippen LogP contribution in [-0.2, 0) is 28.9 Å². The summed E-state index contributed by atoms with van der Waals surface area (Å²) < 4.78 is 6.68. The molecule has 4 rings (SSSR count). The Morgan fingerprint density at radius 1 is 1.38 bits per heavy atom. The van der Waals surface area contributed by atoms with Crippen LogP contribution in [0.15, 0.2) is 22.6 Å². The maximum absolute atomic E-state index is 13.1. The summed E-state index contributed by atoms with van der Waals surface area (Å²) in [5, 5.41) is 1.09. The molecule has 0 amide bonds. The van der Waals surface area contributed by atoms with E-state index in [9.17, 15) is 9.59 Å². The van der Waals surface area contributed by atoms with Crippen molar-refractivity contribution in [3.63, 3.8) is 0 Å². The highest BCUT2D eigenvalue weighted by Gasteiger charge is 2.30. The summed E-state index contributed by atoms with van der Waals surface area (Å²) in [4.78, 5) is 31.7. The van der Waals surface area contributed by atoms with Gasteiger partial charge in [0.25, 0.3) is 5.56 Å². The molecule has 0 bridgehead atoms. The number of esters is 1. The summed E-state index contributed by atoms with van der Waals surface area (Å²) >= 11 is 2.97. The zero-order chi connectivity index (χ0) is 16.7. The van der Waals surface area contributed by atoms with Crippen LogP contribution in [0.25, 0.3) is 10.2 Å². The van der Waals surface area contributed by atoms with Crippen molar-refractivity contribution in [1.82, 2.24) is 9.55 Å². The molecule has 2 aromatic rings. The third-order valence-electron chi connectivity index (χ3n) is 4.49. The minimum atomic E-state index is -0.278. The molecule has 0 spiro atoms. The molecule has 2 aliphatic rings. The lowest BCUT2D eigenvalue weighted by Crippen LogP contribution is -2.24. The first kappa shape index (κ1) is 15.9. The molecule has 7 heteroatoms. The summed E-state index contributed by atoms with van der Waals surface area (Å²) in [5.41, 5.74) is 1.18. The number of aromatic nitrogens is 2. The van der Waals surface area contributed by atoms with Crippen LogP contribution in [0.4, 0.5) is 0 Å². The predicted octanol–water partition coefficient (Wildman–Crippen LogP) is 2.93. The number of rotatable bonds is 4. The molecule has 0 aromatic carbocycles. The molecular weight excluding hydrogens is 344 g/mol. The predicted molar refractivity (Wildman–Crippen MR) is 95.9 cm³/mol. The van der Waals surface area contributed by atoms with E-state index in [0.29, 0.717) is 24.7 Å². The highest BCUT2D eigenvalue weighted by Crippen LogP contribution is 2.36. The van der Waals surface area contributed by atoms with Gasteiger partial charge in [0.05, 0.1) is 12.0 Å². The van der Waals surface area contributed by atoms with Gasteiger partial charge in [-0.2, -0.15) is 0 Å². The van der Waals surface area contributed by atoms with Crippen LogP contribution in [0, 0.1) is 0 Å². The van der Waals surface area contributed by atoms with Gasteiger partial charge in [-0.15, -0.1) is 17.9 Å². The molecule has 0 unspecified atom stereocenters. The van der Waals surface area contributed by atoms with Crippen LogP contribution >= 0.6 is 23.1 Å². The van der Waals surface area contributed by atoms with Crippen molar-refractivity contribution >= 4 is 39.3 Å². The third kappa shape index (κ3) is 2.59. The van der Waals surface area contributed by atoms with Crippen LogP contribution in [-0.4, -0.2) is 27.4 Å². The number of thiophene rings is 1. The molecule has 0 N–H and O–H groups in total. The van der Waals surface area contributed by atoms with E-state index in [2.05, 4.69) is 6.58 Å². The van der Waals surface area contributed by atoms with Crippen LogP contribution < -0.4 is 5.56 Å². The number of cyclic esters (lactones) is 1. The highest BCUT2D eigenvalue weighted by atomic mass is 32.2. The summed E-state index contributed by atoms with van der Waals surface area (Å²) in [6, 6.07) is 0. The number of carbonyl (C=O) groups is 1. The quantitative estimate of drug-likeness (QED) is 0.475. The molecule has 24 heavy (non-hydrogen) atoms. The highest BCUT2D eigenvalue weighted by molar-refractivity contribution is 8.00. The second kappa shape index (κ2) is 6.37. The number of carbonyl (C=O) groups excluding carboxylic acids is 1. The lowest BCUT2D eigenvalue weighted by Gasteiger charge is -2.13. The summed E-state index contributed by atoms with van der Waals surface area (Å²) in [6.45, 7) is 4.60. The summed E-state index contributed by atoms with van der Waals surface area (Å²) in [5.74, 6) is -0.218. The first-order valence-electron chi connectivity index (χ1n) is 8.18. The molecule has 0 radical (unpaired) electrons. The van der Waals surface area contributed by atoms with Gasteiger partial charge in [0.15, 0.2) is 5.16 Å². The Morgan fingerprint density at radius 2 is 2.21 bits per heavy atom. The number of allylic oxidation sites excluding steroid dienone is 1. The maximum Gasteiger partial charge on any atom is 0.319 e. The molecular formula is C17H18N2O3S2. The fourth-order valence-electron chi connectivity index (χ4n) is 3.31. The van der Waals surface area contributed by atoms with Gasteiger partial charge in [0.1, 0.15) is 10.1 Å². The van der Waals surface area contributed by atoms with Gasteiger partial charge in [0, 0.05) is 17.8 Å². The number of fused-ring (bicyclic) bond motifs is 3. The Hall–Kier alpha value is -1.60. The monoisotopic (exact) mass is 362 g/mol. The number of hydrogen-bond donors (Lipinski definition) is 0.